The van der Waals surface area contributed by atoms with Crippen molar-refractivity contribution in [3.63, 3.8) is 0 Å². The number of carbonyl (C=O) groups excluding carboxylic acids is 1. The molecule has 1 N–H and O–H groups in total. The largest absolute Gasteiger partial charge is 0.356 e. The van der Waals surface area contributed by atoms with Crippen LogP contribution in [0.5, 0.6) is 0 Å². The molecule has 4 nitrogen and oxygen atoms in total. The lowest BCUT2D eigenvalue weighted by Gasteiger charge is -2.06. The first-order valence-electron chi connectivity index (χ1n) is 8.53. The molecule has 0 radical (unpaired) electrons. The average Bonchev–Trinajstić information content (AvgIpc) is 3.26. The minimum atomic E-state index is 0.138. The van der Waals surface area contributed by atoms with E-state index in [0.717, 1.165) is 25.9 Å². The van der Waals surface area contributed by atoms with Gasteiger partial charge in [-0.2, -0.15) is 0 Å². The molecule has 1 aromatic heterocycles. The van der Waals surface area contributed by atoms with Gasteiger partial charge in [-0.1, -0.05) is 42.5 Å². The van der Waals surface area contributed by atoms with Crippen molar-refractivity contribution < 1.29 is 4.79 Å². The first-order chi connectivity index (χ1) is 11.8. The quantitative estimate of drug-likeness (QED) is 0.708. The van der Waals surface area contributed by atoms with Crippen LogP contribution < -0.4 is 5.32 Å². The molecule has 1 amide bonds. The van der Waals surface area contributed by atoms with E-state index in [1.54, 1.807) is 12.5 Å². The number of hydrogen-bond acceptors (Lipinski definition) is 2. The summed E-state index contributed by atoms with van der Waals surface area (Å²) in [5, 5.41) is 5.57. The number of aromatic nitrogens is 2. The van der Waals surface area contributed by atoms with Crippen LogP contribution in [-0.4, -0.2) is 22.0 Å². The highest BCUT2D eigenvalue weighted by molar-refractivity contribution is 5.85. The van der Waals surface area contributed by atoms with Gasteiger partial charge in [-0.05, 0) is 35.1 Å². The number of imidazole rings is 1. The summed E-state index contributed by atoms with van der Waals surface area (Å²) in [6, 6.07) is 14.9. The van der Waals surface area contributed by atoms with E-state index < -0.39 is 0 Å². The molecule has 3 aromatic rings. The Labute approximate surface area is 141 Å². The molecular formula is C20H21N3O. The lowest BCUT2D eigenvalue weighted by Crippen LogP contribution is -2.27. The van der Waals surface area contributed by atoms with E-state index in [1.165, 1.54) is 16.3 Å². The summed E-state index contributed by atoms with van der Waals surface area (Å²) in [4.78, 5) is 16.3. The lowest BCUT2D eigenvalue weighted by molar-refractivity contribution is -0.122. The third kappa shape index (κ3) is 3.18. The van der Waals surface area contributed by atoms with E-state index in [9.17, 15) is 4.79 Å². The van der Waals surface area contributed by atoms with Crippen LogP contribution in [0.1, 0.15) is 24.3 Å². The SMILES string of the molecule is O=C(NCCCn1ccnc1)[C@@H]1C[C@@H]1c1ccc2ccccc2c1. The summed E-state index contributed by atoms with van der Waals surface area (Å²) < 4.78 is 2.03. The van der Waals surface area contributed by atoms with Crippen LogP contribution in [0.3, 0.4) is 0 Å². The van der Waals surface area contributed by atoms with Crippen molar-refractivity contribution in [2.75, 3.05) is 6.54 Å². The highest BCUT2D eigenvalue weighted by atomic mass is 16.2. The smallest absolute Gasteiger partial charge is 0.223 e. The molecule has 122 valence electrons. The molecule has 0 bridgehead atoms. The topological polar surface area (TPSA) is 46.9 Å². The van der Waals surface area contributed by atoms with Crippen LogP contribution in [0.2, 0.25) is 0 Å². The summed E-state index contributed by atoms with van der Waals surface area (Å²) in [5.41, 5.74) is 1.28. The Morgan fingerprint density at radius 2 is 2.08 bits per heavy atom. The highest BCUT2D eigenvalue weighted by Gasteiger charge is 2.43. The van der Waals surface area contributed by atoms with Crippen molar-refractivity contribution >= 4 is 16.7 Å². The Bertz CT molecular complexity index is 841. The molecule has 0 unspecified atom stereocenters. The van der Waals surface area contributed by atoms with E-state index in [2.05, 4.69) is 52.8 Å². The Hall–Kier alpha value is -2.62. The van der Waals surface area contributed by atoms with E-state index in [1.807, 2.05) is 10.8 Å². The van der Waals surface area contributed by atoms with E-state index >= 15 is 0 Å². The van der Waals surface area contributed by atoms with Crippen LogP contribution >= 0.6 is 0 Å². The van der Waals surface area contributed by atoms with Gasteiger partial charge in [-0.25, -0.2) is 4.98 Å². The summed E-state index contributed by atoms with van der Waals surface area (Å²) >= 11 is 0. The summed E-state index contributed by atoms with van der Waals surface area (Å²) in [5.74, 6) is 0.710. The first kappa shape index (κ1) is 14.9. The second-order valence-corrected chi connectivity index (χ2v) is 6.50. The predicted molar refractivity (Wildman–Crippen MR) is 94.6 cm³/mol. The molecule has 1 aliphatic rings. The standard InChI is InChI=1S/C20H21N3O/c24-20(22-8-3-10-23-11-9-21-14-23)19-13-18(19)17-7-6-15-4-1-2-5-16(15)12-17/h1-2,4-7,9,11-12,14,18-19H,3,8,10,13H2,(H,22,24)/t18-,19-/m1/s1. The van der Waals surface area contributed by atoms with Gasteiger partial charge in [0.15, 0.2) is 0 Å². The van der Waals surface area contributed by atoms with Gasteiger partial charge in [0.2, 0.25) is 5.91 Å². The van der Waals surface area contributed by atoms with Crippen molar-refractivity contribution in [1.82, 2.24) is 14.9 Å². The Morgan fingerprint density at radius 3 is 2.92 bits per heavy atom. The lowest BCUT2D eigenvalue weighted by atomic mass is 10.0. The number of rotatable bonds is 6. The molecule has 0 aliphatic heterocycles. The Balaban J connectivity index is 1.29. The van der Waals surface area contributed by atoms with Gasteiger partial charge in [0, 0.05) is 31.4 Å². The van der Waals surface area contributed by atoms with Crippen LogP contribution in [0.25, 0.3) is 10.8 Å². The van der Waals surface area contributed by atoms with Crippen molar-refractivity contribution in [2.24, 2.45) is 5.92 Å². The van der Waals surface area contributed by atoms with Crippen LogP contribution in [0.4, 0.5) is 0 Å². The zero-order valence-electron chi connectivity index (χ0n) is 13.6. The van der Waals surface area contributed by atoms with Crippen LogP contribution in [0, 0.1) is 5.92 Å². The number of aryl methyl sites for hydroxylation is 1. The van der Waals surface area contributed by atoms with Crippen molar-refractivity contribution in [2.45, 2.75) is 25.3 Å². The summed E-state index contributed by atoms with van der Waals surface area (Å²) in [6.45, 7) is 1.61. The average molecular weight is 319 g/mol. The third-order valence-electron chi connectivity index (χ3n) is 4.78. The van der Waals surface area contributed by atoms with E-state index in [0.29, 0.717) is 5.92 Å². The molecule has 1 aliphatic carbocycles. The number of nitrogens with zero attached hydrogens (tertiary/aromatic N) is 2. The highest BCUT2D eigenvalue weighted by Crippen LogP contribution is 2.48. The number of hydrogen-bond donors (Lipinski definition) is 1. The molecule has 1 saturated carbocycles. The normalized spacial score (nSPS) is 19.3. The number of amides is 1. The van der Waals surface area contributed by atoms with Gasteiger partial charge < -0.3 is 9.88 Å². The van der Waals surface area contributed by atoms with Crippen molar-refractivity contribution in [3.05, 3.63) is 66.7 Å². The Morgan fingerprint density at radius 1 is 1.21 bits per heavy atom. The van der Waals surface area contributed by atoms with Gasteiger partial charge in [-0.3, -0.25) is 4.79 Å². The fraction of sp³-hybridized carbons (Fsp3) is 0.300. The molecule has 1 fully saturated rings. The van der Waals surface area contributed by atoms with Crippen LogP contribution in [-0.2, 0) is 11.3 Å². The maximum Gasteiger partial charge on any atom is 0.223 e. The number of carbonyl (C=O) groups is 1. The van der Waals surface area contributed by atoms with Gasteiger partial charge in [0.25, 0.3) is 0 Å². The maximum atomic E-state index is 12.3. The molecular weight excluding hydrogens is 298 g/mol. The van der Waals surface area contributed by atoms with Gasteiger partial charge in [0.1, 0.15) is 0 Å². The first-order valence-corrected chi connectivity index (χ1v) is 8.53. The fourth-order valence-corrected chi connectivity index (χ4v) is 3.31. The number of nitrogens with one attached hydrogen (secondary N) is 1. The van der Waals surface area contributed by atoms with Crippen molar-refractivity contribution in [1.29, 1.82) is 0 Å². The maximum absolute atomic E-state index is 12.3. The fourth-order valence-electron chi connectivity index (χ4n) is 3.31. The molecule has 0 spiro atoms. The van der Waals surface area contributed by atoms with Gasteiger partial charge in [0.05, 0.1) is 6.33 Å². The molecule has 1 heterocycles. The molecule has 4 rings (SSSR count). The van der Waals surface area contributed by atoms with Crippen LogP contribution in [0.15, 0.2) is 61.2 Å². The number of fused-ring (bicyclic) bond motifs is 1. The zero-order chi connectivity index (χ0) is 16.4. The van der Waals surface area contributed by atoms with E-state index in [-0.39, 0.29) is 11.8 Å². The summed E-state index contributed by atoms with van der Waals surface area (Å²) in [6.07, 6.45) is 7.41. The second kappa shape index (κ2) is 6.48. The molecule has 4 heteroatoms. The van der Waals surface area contributed by atoms with Gasteiger partial charge in [-0.15, -0.1) is 0 Å². The predicted octanol–water partition coefficient (Wildman–Crippen LogP) is 3.35. The molecule has 24 heavy (non-hydrogen) atoms. The van der Waals surface area contributed by atoms with Gasteiger partial charge >= 0.3 is 0 Å². The molecule has 2 aromatic carbocycles. The third-order valence-corrected chi connectivity index (χ3v) is 4.78. The van der Waals surface area contributed by atoms with E-state index in [4.69, 9.17) is 0 Å². The molecule has 2 atom stereocenters. The second-order valence-electron chi connectivity index (χ2n) is 6.50. The number of benzene rings is 2. The Kier molecular flexibility index (Phi) is 4.03. The van der Waals surface area contributed by atoms with Crippen molar-refractivity contribution in [3.8, 4) is 0 Å². The zero-order valence-corrected chi connectivity index (χ0v) is 13.6. The summed E-state index contributed by atoms with van der Waals surface area (Å²) in [7, 11) is 0. The minimum absolute atomic E-state index is 0.138. The minimum Gasteiger partial charge on any atom is -0.356 e. The monoisotopic (exact) mass is 319 g/mol. The molecule has 0 saturated heterocycles.